The summed E-state index contributed by atoms with van der Waals surface area (Å²) in [5, 5.41) is 17.5. The van der Waals surface area contributed by atoms with Crippen LogP contribution in [0.15, 0.2) is 23.1 Å². The van der Waals surface area contributed by atoms with Crippen LogP contribution >= 0.6 is 11.6 Å². The number of amides is 1. The minimum Gasteiger partial charge on any atom is -0.390 e. The maximum Gasteiger partial charge on any atom is 0.251 e. The molecule has 0 fully saturated rings. The zero-order valence-corrected chi connectivity index (χ0v) is 15.0. The smallest absolute Gasteiger partial charge is 0.251 e. The van der Waals surface area contributed by atoms with Crippen molar-refractivity contribution < 1.29 is 18.3 Å². The minimum atomic E-state index is -3.99. The van der Waals surface area contributed by atoms with Crippen molar-refractivity contribution >= 4 is 27.5 Å². The summed E-state index contributed by atoms with van der Waals surface area (Å²) in [4.78, 5) is 11.9. The van der Waals surface area contributed by atoms with Gasteiger partial charge in [0.25, 0.3) is 5.91 Å². The predicted molar refractivity (Wildman–Crippen MR) is 89.9 cm³/mol. The van der Waals surface area contributed by atoms with Gasteiger partial charge in [0.2, 0.25) is 10.0 Å². The van der Waals surface area contributed by atoms with Crippen LogP contribution in [0.25, 0.3) is 0 Å². The molecule has 6 nitrogen and oxygen atoms in total. The summed E-state index contributed by atoms with van der Waals surface area (Å²) in [6, 6.07) is 3.82. The highest BCUT2D eigenvalue weighted by atomic mass is 35.5. The summed E-state index contributed by atoms with van der Waals surface area (Å²) in [6.07, 6.45) is 2.09. The first-order valence-electron chi connectivity index (χ1n) is 7.26. The molecule has 1 aromatic carbocycles. The van der Waals surface area contributed by atoms with Gasteiger partial charge >= 0.3 is 0 Å². The molecule has 1 atom stereocenters. The van der Waals surface area contributed by atoms with Crippen LogP contribution in [-0.4, -0.2) is 31.1 Å². The minimum absolute atomic E-state index is 0.0257. The normalized spacial score (nSPS) is 13.7. The first kappa shape index (κ1) is 19.9. The van der Waals surface area contributed by atoms with Crippen molar-refractivity contribution in [1.29, 1.82) is 0 Å². The molecule has 23 heavy (non-hydrogen) atoms. The number of carbonyl (C=O) groups is 1. The lowest BCUT2D eigenvalue weighted by Crippen LogP contribution is -2.33. The molecule has 0 aliphatic carbocycles. The Morgan fingerprint density at radius 1 is 1.43 bits per heavy atom. The van der Waals surface area contributed by atoms with Gasteiger partial charge in [0.05, 0.1) is 10.6 Å². The molecule has 0 saturated carbocycles. The van der Waals surface area contributed by atoms with Gasteiger partial charge in [-0.3, -0.25) is 4.79 Å². The number of hydrogen-bond donors (Lipinski definition) is 3. The SMILES string of the molecule is C[C@@H](CCCC(C)(C)O)NC(=O)c1ccc(Cl)c(S(N)(=O)=O)c1. The van der Waals surface area contributed by atoms with Crippen LogP contribution in [0.5, 0.6) is 0 Å². The van der Waals surface area contributed by atoms with Crippen molar-refractivity contribution in [3.63, 3.8) is 0 Å². The van der Waals surface area contributed by atoms with Crippen LogP contribution in [0.2, 0.25) is 5.02 Å². The maximum absolute atomic E-state index is 12.2. The third kappa shape index (κ3) is 6.87. The Hall–Kier alpha value is -1.15. The Balaban J connectivity index is 2.72. The van der Waals surface area contributed by atoms with Crippen LogP contribution in [-0.2, 0) is 10.0 Å². The Morgan fingerprint density at radius 2 is 2.04 bits per heavy atom. The average molecular weight is 363 g/mol. The summed E-state index contributed by atoms with van der Waals surface area (Å²) >= 11 is 5.79. The van der Waals surface area contributed by atoms with Gasteiger partial charge in [-0.25, -0.2) is 13.6 Å². The molecule has 0 aromatic heterocycles. The van der Waals surface area contributed by atoms with E-state index in [4.69, 9.17) is 16.7 Å². The van der Waals surface area contributed by atoms with E-state index in [0.29, 0.717) is 12.8 Å². The van der Waals surface area contributed by atoms with Crippen LogP contribution in [0.1, 0.15) is 50.4 Å². The van der Waals surface area contributed by atoms with E-state index in [1.165, 1.54) is 12.1 Å². The third-order valence-corrected chi connectivity index (χ3v) is 4.70. The average Bonchev–Trinajstić information content (AvgIpc) is 2.35. The molecule has 0 bridgehead atoms. The monoisotopic (exact) mass is 362 g/mol. The second-order valence-electron chi connectivity index (χ2n) is 6.27. The summed E-state index contributed by atoms with van der Waals surface area (Å²) < 4.78 is 22.8. The summed E-state index contributed by atoms with van der Waals surface area (Å²) in [6.45, 7) is 5.32. The number of carbonyl (C=O) groups excluding carboxylic acids is 1. The quantitative estimate of drug-likeness (QED) is 0.689. The highest BCUT2D eigenvalue weighted by Gasteiger charge is 2.18. The first-order valence-corrected chi connectivity index (χ1v) is 9.18. The Bertz CT molecular complexity index is 669. The lowest BCUT2D eigenvalue weighted by Gasteiger charge is -2.19. The van der Waals surface area contributed by atoms with Crippen molar-refractivity contribution in [1.82, 2.24) is 5.32 Å². The Morgan fingerprint density at radius 3 is 2.57 bits per heavy atom. The zero-order valence-electron chi connectivity index (χ0n) is 13.5. The largest absolute Gasteiger partial charge is 0.390 e. The van der Waals surface area contributed by atoms with Gasteiger partial charge in [-0.1, -0.05) is 11.6 Å². The molecular weight excluding hydrogens is 340 g/mol. The van der Waals surface area contributed by atoms with Gasteiger partial charge in [-0.15, -0.1) is 0 Å². The van der Waals surface area contributed by atoms with E-state index >= 15 is 0 Å². The van der Waals surface area contributed by atoms with Crippen molar-refractivity contribution in [2.45, 2.75) is 56.6 Å². The molecule has 0 radical (unpaired) electrons. The molecule has 4 N–H and O–H groups in total. The molecule has 1 amide bonds. The second kappa shape index (κ2) is 7.61. The van der Waals surface area contributed by atoms with E-state index < -0.39 is 21.5 Å². The molecule has 8 heteroatoms. The highest BCUT2D eigenvalue weighted by molar-refractivity contribution is 7.89. The number of halogens is 1. The summed E-state index contributed by atoms with van der Waals surface area (Å²) in [5.41, 5.74) is -0.558. The fourth-order valence-electron chi connectivity index (χ4n) is 2.08. The highest BCUT2D eigenvalue weighted by Crippen LogP contribution is 2.21. The number of benzene rings is 1. The molecule has 1 aromatic rings. The van der Waals surface area contributed by atoms with Crippen molar-refractivity contribution in [3.8, 4) is 0 Å². The van der Waals surface area contributed by atoms with Gasteiger partial charge in [-0.2, -0.15) is 0 Å². The molecule has 0 aliphatic rings. The maximum atomic E-state index is 12.2. The van der Waals surface area contributed by atoms with Crippen LogP contribution < -0.4 is 10.5 Å². The number of aliphatic hydroxyl groups is 1. The summed E-state index contributed by atoms with van der Waals surface area (Å²) in [7, 11) is -3.99. The standard InChI is InChI=1S/C15H23ClN2O4S/c1-10(5-4-8-15(2,3)20)18-14(19)11-6-7-12(16)13(9-11)23(17,21)22/h6-7,9-10,20H,4-5,8H2,1-3H3,(H,18,19)(H2,17,21,22)/t10-/m0/s1. The van der Waals surface area contributed by atoms with E-state index in [0.717, 1.165) is 12.5 Å². The topological polar surface area (TPSA) is 109 Å². The molecule has 0 heterocycles. The third-order valence-electron chi connectivity index (χ3n) is 3.30. The number of sulfonamides is 1. The van der Waals surface area contributed by atoms with Crippen molar-refractivity contribution in [2.24, 2.45) is 5.14 Å². The number of hydrogen-bond acceptors (Lipinski definition) is 4. The van der Waals surface area contributed by atoms with Crippen LogP contribution in [0.3, 0.4) is 0 Å². The molecule has 1 rings (SSSR count). The van der Waals surface area contributed by atoms with Gasteiger partial charge in [0.1, 0.15) is 4.90 Å². The van der Waals surface area contributed by atoms with E-state index in [9.17, 15) is 18.3 Å². The lowest BCUT2D eigenvalue weighted by molar-refractivity contribution is 0.0674. The fourth-order valence-corrected chi connectivity index (χ4v) is 3.15. The van der Waals surface area contributed by atoms with Gasteiger partial charge in [-0.05, 0) is 58.2 Å². The van der Waals surface area contributed by atoms with Crippen LogP contribution in [0.4, 0.5) is 0 Å². The molecule has 0 saturated heterocycles. The van der Waals surface area contributed by atoms with Crippen molar-refractivity contribution in [3.05, 3.63) is 28.8 Å². The van der Waals surface area contributed by atoms with E-state index in [2.05, 4.69) is 5.32 Å². The second-order valence-corrected chi connectivity index (χ2v) is 8.21. The zero-order chi connectivity index (χ0) is 17.8. The number of nitrogens with one attached hydrogen (secondary N) is 1. The first-order chi connectivity index (χ1) is 10.4. The number of rotatable bonds is 7. The fraction of sp³-hybridized carbons (Fsp3) is 0.533. The van der Waals surface area contributed by atoms with E-state index in [1.54, 1.807) is 13.8 Å². The van der Waals surface area contributed by atoms with Gasteiger partial charge in [0.15, 0.2) is 0 Å². The molecule has 0 unspecified atom stereocenters. The predicted octanol–water partition coefficient (Wildman–Crippen LogP) is 2.05. The van der Waals surface area contributed by atoms with Crippen molar-refractivity contribution in [2.75, 3.05) is 0 Å². The lowest BCUT2D eigenvalue weighted by atomic mass is 9.99. The van der Waals surface area contributed by atoms with Gasteiger partial charge < -0.3 is 10.4 Å². The molecule has 0 aliphatic heterocycles. The van der Waals surface area contributed by atoms with E-state index in [1.807, 2.05) is 6.92 Å². The number of primary sulfonamides is 1. The summed E-state index contributed by atoms with van der Waals surface area (Å²) in [5.74, 6) is -0.401. The molecule has 0 spiro atoms. The molecule has 130 valence electrons. The Kier molecular flexibility index (Phi) is 6.59. The van der Waals surface area contributed by atoms with Gasteiger partial charge in [0, 0.05) is 11.6 Å². The van der Waals surface area contributed by atoms with E-state index in [-0.39, 0.29) is 21.5 Å². The number of nitrogens with two attached hydrogens (primary N) is 1. The van der Waals surface area contributed by atoms with Crippen LogP contribution in [0, 0.1) is 0 Å². The Labute approximate surface area is 142 Å². The molecular formula is C15H23ClN2O4S.